The molecule has 1 amide bonds. The fourth-order valence-corrected chi connectivity index (χ4v) is 2.87. The topological polar surface area (TPSA) is 90.3 Å². The summed E-state index contributed by atoms with van der Waals surface area (Å²) >= 11 is 0. The molecule has 146 valence electrons. The molecule has 2 rings (SSSR count). The van der Waals surface area contributed by atoms with Crippen LogP contribution in [-0.4, -0.2) is 34.3 Å². The largest absolute Gasteiger partial charge is 0.451 e. The van der Waals surface area contributed by atoms with Crippen LogP contribution in [0.2, 0.25) is 0 Å². The highest BCUT2D eigenvalue weighted by molar-refractivity contribution is 6.02. The second kappa shape index (κ2) is 9.30. The summed E-state index contributed by atoms with van der Waals surface area (Å²) in [4.78, 5) is 36.5. The van der Waals surface area contributed by atoms with Crippen LogP contribution in [0.5, 0.6) is 0 Å². The molecule has 0 bridgehead atoms. The average molecular weight is 373 g/mol. The number of hydrogen-bond acceptors (Lipinski definition) is 5. The second-order valence-electron chi connectivity index (χ2n) is 7.19. The smallest absolute Gasteiger partial charge is 0.359 e. The van der Waals surface area contributed by atoms with Crippen molar-refractivity contribution in [1.82, 2.24) is 15.1 Å². The number of amides is 1. The summed E-state index contributed by atoms with van der Waals surface area (Å²) in [5, 5.41) is 7.61. The maximum absolute atomic E-state index is 12.4. The zero-order valence-corrected chi connectivity index (χ0v) is 16.3. The minimum absolute atomic E-state index is 0.0190. The molecule has 1 aromatic carbocycles. The summed E-state index contributed by atoms with van der Waals surface area (Å²) in [6.45, 7) is 5.88. The Hall–Kier alpha value is -2.70. The van der Waals surface area contributed by atoms with Crippen molar-refractivity contribution in [2.75, 3.05) is 6.61 Å². The number of esters is 1. The Labute approximate surface area is 158 Å². The molecule has 0 saturated heterocycles. The molecule has 0 saturated carbocycles. The normalized spacial score (nSPS) is 12.2. The summed E-state index contributed by atoms with van der Waals surface area (Å²) in [6.07, 6.45) is 3.03. The molecule has 0 aliphatic heterocycles. The number of benzene rings is 1. The van der Waals surface area contributed by atoms with Gasteiger partial charge in [-0.25, -0.2) is 9.48 Å². The van der Waals surface area contributed by atoms with Crippen LogP contribution in [0.25, 0.3) is 10.8 Å². The van der Waals surface area contributed by atoms with Crippen LogP contribution in [0.1, 0.15) is 50.5 Å². The van der Waals surface area contributed by atoms with Crippen molar-refractivity contribution < 1.29 is 14.3 Å². The highest BCUT2D eigenvalue weighted by Gasteiger charge is 2.18. The predicted octanol–water partition coefficient (Wildman–Crippen LogP) is 2.42. The van der Waals surface area contributed by atoms with Crippen LogP contribution in [0.4, 0.5) is 0 Å². The van der Waals surface area contributed by atoms with Gasteiger partial charge in [-0.05, 0) is 25.3 Å². The maximum atomic E-state index is 12.4. The van der Waals surface area contributed by atoms with Crippen molar-refractivity contribution in [2.24, 2.45) is 13.0 Å². The summed E-state index contributed by atoms with van der Waals surface area (Å²) in [6, 6.07) is 6.71. The van der Waals surface area contributed by atoms with Gasteiger partial charge in [0.1, 0.15) is 0 Å². The lowest BCUT2D eigenvalue weighted by Crippen LogP contribution is -2.36. The highest BCUT2D eigenvalue weighted by atomic mass is 16.5. The van der Waals surface area contributed by atoms with Crippen molar-refractivity contribution in [2.45, 2.75) is 46.1 Å². The predicted molar refractivity (Wildman–Crippen MR) is 104 cm³/mol. The van der Waals surface area contributed by atoms with Gasteiger partial charge in [-0.15, -0.1) is 0 Å². The molecule has 0 aliphatic carbocycles. The second-order valence-corrected chi connectivity index (χ2v) is 7.19. The van der Waals surface area contributed by atoms with Gasteiger partial charge in [0.2, 0.25) is 0 Å². The van der Waals surface area contributed by atoms with Gasteiger partial charge >= 0.3 is 5.97 Å². The van der Waals surface area contributed by atoms with Crippen LogP contribution in [0, 0.1) is 5.92 Å². The molecule has 7 heteroatoms. The van der Waals surface area contributed by atoms with Gasteiger partial charge in [-0.3, -0.25) is 9.59 Å². The first-order valence-corrected chi connectivity index (χ1v) is 9.22. The highest BCUT2D eigenvalue weighted by Crippen LogP contribution is 2.14. The lowest BCUT2D eigenvalue weighted by Gasteiger charge is -2.14. The van der Waals surface area contributed by atoms with E-state index in [1.54, 1.807) is 24.3 Å². The van der Waals surface area contributed by atoms with Gasteiger partial charge in [0.05, 0.1) is 5.39 Å². The lowest BCUT2D eigenvalue weighted by molar-refractivity contribution is -0.124. The molecule has 1 atom stereocenters. The Morgan fingerprint density at radius 2 is 1.81 bits per heavy atom. The summed E-state index contributed by atoms with van der Waals surface area (Å²) < 4.78 is 6.20. The molecular weight excluding hydrogens is 346 g/mol. The third kappa shape index (κ3) is 5.64. The average Bonchev–Trinajstić information content (AvgIpc) is 2.62. The number of rotatable bonds is 8. The van der Waals surface area contributed by atoms with Crippen molar-refractivity contribution in [3.63, 3.8) is 0 Å². The van der Waals surface area contributed by atoms with Crippen LogP contribution in [0.3, 0.4) is 0 Å². The maximum Gasteiger partial charge on any atom is 0.359 e. The first-order chi connectivity index (χ1) is 12.8. The fraction of sp³-hybridized carbons (Fsp3) is 0.500. The Kier molecular flexibility index (Phi) is 7.10. The zero-order valence-electron chi connectivity index (χ0n) is 16.3. The summed E-state index contributed by atoms with van der Waals surface area (Å²) in [5.41, 5.74) is -0.277. The quantitative estimate of drug-likeness (QED) is 0.718. The number of carbonyl (C=O) groups excluding carboxylic acids is 2. The number of aromatic nitrogens is 2. The van der Waals surface area contributed by atoms with Gasteiger partial charge in [0.25, 0.3) is 11.5 Å². The molecule has 7 nitrogen and oxygen atoms in total. The van der Waals surface area contributed by atoms with Crippen molar-refractivity contribution in [3.8, 4) is 0 Å². The van der Waals surface area contributed by atoms with Crippen molar-refractivity contribution >= 4 is 22.6 Å². The molecule has 1 aromatic heterocycles. The van der Waals surface area contributed by atoms with E-state index in [4.69, 9.17) is 4.74 Å². The minimum atomic E-state index is -0.732. The molecule has 0 radical (unpaired) electrons. The van der Waals surface area contributed by atoms with Crippen LogP contribution >= 0.6 is 0 Å². The van der Waals surface area contributed by atoms with E-state index in [-0.39, 0.29) is 29.8 Å². The van der Waals surface area contributed by atoms with Crippen LogP contribution in [0.15, 0.2) is 29.1 Å². The van der Waals surface area contributed by atoms with E-state index in [1.165, 1.54) is 7.05 Å². The monoisotopic (exact) mass is 373 g/mol. The number of nitrogens with one attached hydrogen (secondary N) is 1. The van der Waals surface area contributed by atoms with Gasteiger partial charge in [-0.2, -0.15) is 5.10 Å². The first-order valence-electron chi connectivity index (χ1n) is 9.22. The van der Waals surface area contributed by atoms with Gasteiger partial charge < -0.3 is 10.1 Å². The van der Waals surface area contributed by atoms with Gasteiger partial charge in [0, 0.05) is 18.5 Å². The molecule has 1 unspecified atom stereocenters. The molecular formula is C20H27N3O4. The number of nitrogens with zero attached hydrogens (tertiary/aromatic N) is 2. The Morgan fingerprint density at radius 3 is 2.48 bits per heavy atom. The standard InChI is InChI=1S/C20H27N3O4/c1-13(2)8-7-9-14(3)21-17(24)12-27-20(26)18-15-10-5-6-11-16(15)19(25)23(4)22-18/h5-6,10-11,13-14H,7-9,12H2,1-4H3,(H,21,24). The summed E-state index contributed by atoms with van der Waals surface area (Å²) in [7, 11) is 1.47. The molecule has 1 N–H and O–H groups in total. The number of carbonyl (C=O) groups is 2. The first kappa shape index (κ1) is 20.6. The zero-order chi connectivity index (χ0) is 20.0. The molecule has 0 aliphatic rings. The molecule has 27 heavy (non-hydrogen) atoms. The fourth-order valence-electron chi connectivity index (χ4n) is 2.87. The van der Waals surface area contributed by atoms with E-state index in [0.29, 0.717) is 16.7 Å². The van der Waals surface area contributed by atoms with E-state index in [1.807, 2.05) is 6.92 Å². The van der Waals surface area contributed by atoms with Crippen LogP contribution in [-0.2, 0) is 16.6 Å². The Morgan fingerprint density at radius 1 is 1.15 bits per heavy atom. The van der Waals surface area contributed by atoms with E-state index >= 15 is 0 Å². The van der Waals surface area contributed by atoms with E-state index < -0.39 is 5.97 Å². The third-order valence-corrected chi connectivity index (χ3v) is 4.31. The Balaban J connectivity index is 1.96. The lowest BCUT2D eigenvalue weighted by atomic mass is 10.0. The number of fused-ring (bicyclic) bond motifs is 1. The molecule has 2 aromatic rings. The van der Waals surface area contributed by atoms with Gasteiger partial charge in [0.15, 0.2) is 12.3 Å². The SMILES string of the molecule is CC(C)CCCC(C)NC(=O)COC(=O)c1nn(C)c(=O)c2ccccc12. The van der Waals surface area contributed by atoms with Crippen molar-refractivity contribution in [3.05, 3.63) is 40.3 Å². The van der Waals surface area contributed by atoms with Crippen molar-refractivity contribution in [1.29, 1.82) is 0 Å². The third-order valence-electron chi connectivity index (χ3n) is 4.31. The molecule has 0 fully saturated rings. The number of ether oxygens (including phenoxy) is 1. The molecule has 0 spiro atoms. The van der Waals surface area contributed by atoms with E-state index in [0.717, 1.165) is 23.9 Å². The number of hydrogen-bond donors (Lipinski definition) is 1. The Bertz CT molecular complexity index is 873. The van der Waals surface area contributed by atoms with Crippen LogP contribution < -0.4 is 10.9 Å². The summed E-state index contributed by atoms with van der Waals surface area (Å²) in [5.74, 6) is -0.447. The van der Waals surface area contributed by atoms with E-state index in [9.17, 15) is 14.4 Å². The minimum Gasteiger partial charge on any atom is -0.451 e. The van der Waals surface area contributed by atoms with Gasteiger partial charge in [-0.1, -0.05) is 44.9 Å². The number of aryl methyl sites for hydroxylation is 1. The van der Waals surface area contributed by atoms with E-state index in [2.05, 4.69) is 24.3 Å². The molecule has 1 heterocycles.